The number of hydrogen-bond donors (Lipinski definition) is 0. The lowest BCUT2D eigenvalue weighted by molar-refractivity contribution is -0.142. The van der Waals surface area contributed by atoms with Crippen LogP contribution in [0.1, 0.15) is 52.0 Å². The van der Waals surface area contributed by atoms with Crippen molar-refractivity contribution in [2.24, 2.45) is 0 Å². The Morgan fingerprint density at radius 3 is 2.75 bits per heavy atom. The Morgan fingerprint density at radius 2 is 2.09 bits per heavy atom. The summed E-state index contributed by atoms with van der Waals surface area (Å²) in [6.45, 7) is 4.03. The van der Waals surface area contributed by atoms with E-state index in [-0.39, 0.29) is 28.7 Å². The van der Waals surface area contributed by atoms with E-state index in [0.29, 0.717) is 28.9 Å². The van der Waals surface area contributed by atoms with Gasteiger partial charge in [-0.05, 0) is 44.9 Å². The maximum absolute atomic E-state index is 13.8. The first-order valence-corrected chi connectivity index (χ1v) is 9.99. The molecular formula is C21H18F3N5O3. The molecule has 0 saturated carbocycles. The van der Waals surface area contributed by atoms with Gasteiger partial charge in [-0.3, -0.25) is 4.79 Å². The first-order valence-electron chi connectivity index (χ1n) is 9.99. The SMILES string of the molecule is Cc1noc(C)c1[C@@H]1CCCN1C(=O)c1cnn2c(C(F)(F)F)cc(-c3ccco3)nc12. The molecule has 0 N–H and O–H groups in total. The molecule has 1 aliphatic heterocycles. The second-order valence-corrected chi connectivity index (χ2v) is 7.69. The number of hydrogen-bond acceptors (Lipinski definition) is 6. The molecule has 32 heavy (non-hydrogen) atoms. The van der Waals surface area contributed by atoms with Crippen LogP contribution in [0.25, 0.3) is 17.1 Å². The molecule has 166 valence electrons. The second kappa shape index (κ2) is 7.21. The van der Waals surface area contributed by atoms with Crippen LogP contribution in [0.3, 0.4) is 0 Å². The van der Waals surface area contributed by atoms with Crippen LogP contribution in [0, 0.1) is 13.8 Å². The standard InChI is InChI=1S/C21H18F3N5O3/c1-11-18(12(2)32-27-11)15-5-3-7-28(15)20(30)13-10-25-29-17(21(22,23)24)9-14(26-19(13)29)16-6-4-8-31-16/h4,6,8-10,15H,3,5,7H2,1-2H3/t15-/m0/s1. The van der Waals surface area contributed by atoms with Crippen LogP contribution in [0.2, 0.25) is 0 Å². The quantitative estimate of drug-likeness (QED) is 0.458. The molecule has 1 saturated heterocycles. The van der Waals surface area contributed by atoms with E-state index >= 15 is 0 Å². The third-order valence-electron chi connectivity index (χ3n) is 5.70. The topological polar surface area (TPSA) is 89.7 Å². The zero-order valence-corrected chi connectivity index (χ0v) is 17.2. The lowest BCUT2D eigenvalue weighted by atomic mass is 10.0. The van der Waals surface area contributed by atoms with E-state index in [1.807, 2.05) is 0 Å². The fraction of sp³-hybridized carbons (Fsp3) is 0.333. The van der Waals surface area contributed by atoms with Crippen LogP contribution in [-0.2, 0) is 6.18 Å². The molecule has 5 rings (SSSR count). The first kappa shape index (κ1) is 20.3. The smallest absolute Gasteiger partial charge is 0.433 e. The average molecular weight is 445 g/mol. The van der Waals surface area contributed by atoms with Crippen LogP contribution in [-0.4, -0.2) is 37.1 Å². The Morgan fingerprint density at radius 1 is 1.28 bits per heavy atom. The Balaban J connectivity index is 1.63. The summed E-state index contributed by atoms with van der Waals surface area (Å²) in [5.41, 5.74) is 0.241. The minimum atomic E-state index is -4.71. The van der Waals surface area contributed by atoms with Gasteiger partial charge in [-0.2, -0.15) is 18.3 Å². The maximum atomic E-state index is 13.8. The summed E-state index contributed by atoms with van der Waals surface area (Å²) in [5.74, 6) is 0.330. The van der Waals surface area contributed by atoms with E-state index in [2.05, 4.69) is 15.2 Å². The Kier molecular flexibility index (Phi) is 4.57. The van der Waals surface area contributed by atoms with Gasteiger partial charge in [0.1, 0.15) is 17.0 Å². The van der Waals surface area contributed by atoms with Gasteiger partial charge in [-0.1, -0.05) is 5.16 Å². The number of aromatic nitrogens is 4. The van der Waals surface area contributed by atoms with E-state index in [9.17, 15) is 18.0 Å². The molecule has 1 amide bonds. The highest BCUT2D eigenvalue weighted by molar-refractivity contribution is 6.00. The Bertz CT molecular complexity index is 1290. The lowest BCUT2D eigenvalue weighted by Gasteiger charge is -2.24. The van der Waals surface area contributed by atoms with Gasteiger partial charge in [0.25, 0.3) is 5.91 Å². The van der Waals surface area contributed by atoms with Crippen LogP contribution >= 0.6 is 0 Å². The van der Waals surface area contributed by atoms with E-state index in [1.165, 1.54) is 12.3 Å². The molecule has 0 aliphatic carbocycles. The van der Waals surface area contributed by atoms with Gasteiger partial charge in [0, 0.05) is 12.1 Å². The Hall–Kier alpha value is -3.63. The predicted octanol–water partition coefficient (Wildman–Crippen LogP) is 4.59. The van der Waals surface area contributed by atoms with E-state index in [4.69, 9.17) is 8.94 Å². The van der Waals surface area contributed by atoms with Gasteiger partial charge in [0.15, 0.2) is 17.1 Å². The second-order valence-electron chi connectivity index (χ2n) is 7.69. The third kappa shape index (κ3) is 3.15. The summed E-state index contributed by atoms with van der Waals surface area (Å²) in [6, 6.07) is 3.63. The number of nitrogens with zero attached hydrogens (tertiary/aromatic N) is 5. The summed E-state index contributed by atoms with van der Waals surface area (Å²) in [7, 11) is 0. The van der Waals surface area contributed by atoms with Crippen molar-refractivity contribution < 1.29 is 26.9 Å². The first-order chi connectivity index (χ1) is 15.3. The number of carbonyl (C=O) groups is 1. The van der Waals surface area contributed by atoms with Crippen molar-refractivity contribution in [1.82, 2.24) is 24.7 Å². The number of aryl methyl sites for hydroxylation is 2. The number of halogens is 3. The van der Waals surface area contributed by atoms with Crippen molar-refractivity contribution in [2.75, 3.05) is 6.54 Å². The number of likely N-dealkylation sites (tertiary alicyclic amines) is 1. The fourth-order valence-electron chi connectivity index (χ4n) is 4.30. The van der Waals surface area contributed by atoms with Crippen molar-refractivity contribution >= 4 is 11.6 Å². The molecule has 1 atom stereocenters. The molecule has 0 unspecified atom stereocenters. The molecule has 0 radical (unpaired) electrons. The largest absolute Gasteiger partial charge is 0.463 e. The average Bonchev–Trinajstić information content (AvgIpc) is 3.53. The molecule has 0 bridgehead atoms. The number of fused-ring (bicyclic) bond motifs is 1. The van der Waals surface area contributed by atoms with Crippen LogP contribution in [0.15, 0.2) is 39.6 Å². The van der Waals surface area contributed by atoms with Crippen LogP contribution < -0.4 is 0 Å². The van der Waals surface area contributed by atoms with E-state index < -0.39 is 17.8 Å². The van der Waals surface area contributed by atoms with Crippen molar-refractivity contribution in [2.45, 2.75) is 38.9 Å². The summed E-state index contributed by atoms with van der Waals surface area (Å²) < 4.78 is 52.4. The van der Waals surface area contributed by atoms with Crippen molar-refractivity contribution in [3.63, 3.8) is 0 Å². The van der Waals surface area contributed by atoms with Crippen LogP contribution in [0.4, 0.5) is 13.2 Å². The molecule has 0 spiro atoms. The minimum Gasteiger partial charge on any atom is -0.463 e. The minimum absolute atomic E-state index is 0.0115. The fourth-order valence-corrected chi connectivity index (χ4v) is 4.30. The molecular weight excluding hydrogens is 427 g/mol. The highest BCUT2D eigenvalue weighted by atomic mass is 19.4. The van der Waals surface area contributed by atoms with E-state index in [1.54, 1.807) is 24.8 Å². The molecule has 5 heterocycles. The molecule has 8 nitrogen and oxygen atoms in total. The van der Waals surface area contributed by atoms with Crippen LogP contribution in [0.5, 0.6) is 0 Å². The van der Waals surface area contributed by atoms with Gasteiger partial charge < -0.3 is 13.8 Å². The zero-order chi connectivity index (χ0) is 22.6. The molecule has 1 aliphatic rings. The summed E-state index contributed by atoms with van der Waals surface area (Å²) >= 11 is 0. The zero-order valence-electron chi connectivity index (χ0n) is 17.2. The molecule has 1 fully saturated rings. The van der Waals surface area contributed by atoms with Crippen molar-refractivity contribution in [1.29, 1.82) is 0 Å². The number of amides is 1. The summed E-state index contributed by atoms with van der Waals surface area (Å²) in [6.07, 6.45) is -0.781. The highest BCUT2D eigenvalue weighted by Crippen LogP contribution is 2.38. The van der Waals surface area contributed by atoms with Gasteiger partial charge in [0.2, 0.25) is 0 Å². The summed E-state index contributed by atoms with van der Waals surface area (Å²) in [4.78, 5) is 19.4. The molecule has 11 heteroatoms. The van der Waals surface area contributed by atoms with E-state index in [0.717, 1.165) is 24.2 Å². The summed E-state index contributed by atoms with van der Waals surface area (Å²) in [5, 5.41) is 7.82. The van der Waals surface area contributed by atoms with Crippen molar-refractivity contribution in [3.05, 3.63) is 58.9 Å². The van der Waals surface area contributed by atoms with Crippen molar-refractivity contribution in [3.8, 4) is 11.5 Å². The van der Waals surface area contributed by atoms with Gasteiger partial charge >= 0.3 is 6.18 Å². The molecule has 4 aromatic heterocycles. The number of alkyl halides is 3. The lowest BCUT2D eigenvalue weighted by Crippen LogP contribution is -2.31. The maximum Gasteiger partial charge on any atom is 0.433 e. The highest BCUT2D eigenvalue weighted by Gasteiger charge is 2.38. The third-order valence-corrected chi connectivity index (χ3v) is 5.70. The molecule has 4 aromatic rings. The predicted molar refractivity (Wildman–Crippen MR) is 105 cm³/mol. The normalized spacial score (nSPS) is 16.9. The van der Waals surface area contributed by atoms with Gasteiger partial charge in [-0.25, -0.2) is 9.50 Å². The van der Waals surface area contributed by atoms with Gasteiger partial charge in [0.05, 0.1) is 24.2 Å². The number of rotatable bonds is 3. The van der Waals surface area contributed by atoms with Gasteiger partial charge in [-0.15, -0.1) is 0 Å². The number of furan rings is 1. The molecule has 0 aromatic carbocycles. The monoisotopic (exact) mass is 445 g/mol. The number of carbonyl (C=O) groups excluding carboxylic acids is 1. The Labute approximate surface area is 179 Å².